The van der Waals surface area contributed by atoms with E-state index in [1.807, 2.05) is 26.0 Å². The number of aryl methyl sites for hydroxylation is 2. The maximum Gasteiger partial charge on any atom is 0.281 e. The maximum atomic E-state index is 12.9. The highest BCUT2D eigenvalue weighted by molar-refractivity contribution is 6.37. The number of amides is 1. The number of benzene rings is 2. The smallest absolute Gasteiger partial charge is 0.280 e. The van der Waals surface area contributed by atoms with Crippen LogP contribution in [-0.4, -0.2) is 61.0 Å². The van der Waals surface area contributed by atoms with Crippen molar-refractivity contribution < 1.29 is 4.79 Å². The number of hydrazone groups is 1. The third kappa shape index (κ3) is 6.64. The third-order valence-electron chi connectivity index (χ3n) is 8.90. The van der Waals surface area contributed by atoms with Crippen molar-refractivity contribution in [3.05, 3.63) is 122 Å². The number of hydrogen-bond acceptors (Lipinski definition) is 10. The Bertz CT molecular complexity index is 2910. The fraction of sp³-hybridized carbons (Fsp3) is 0.250. The fourth-order valence-corrected chi connectivity index (χ4v) is 6.33. The quantitative estimate of drug-likeness (QED) is 0.241. The number of fused-ring (bicyclic) bond motifs is 2. The lowest BCUT2D eigenvalue weighted by atomic mass is 9.88. The minimum Gasteiger partial charge on any atom is -0.280 e. The zero-order valence-electron chi connectivity index (χ0n) is 32.1. The van der Waals surface area contributed by atoms with Gasteiger partial charge in [-0.1, -0.05) is 77.9 Å². The summed E-state index contributed by atoms with van der Waals surface area (Å²) < 4.78 is 4.60. The number of nitrogens with zero attached hydrogens (tertiary/aromatic N) is 12. The Morgan fingerprint density at radius 3 is 1.95 bits per heavy atom. The highest BCUT2D eigenvalue weighted by Crippen LogP contribution is 2.29. The van der Waals surface area contributed by atoms with Gasteiger partial charge in [0.05, 0.1) is 33.9 Å². The van der Waals surface area contributed by atoms with Crippen molar-refractivity contribution in [1.82, 2.24) is 49.4 Å². The number of para-hydroxylation sites is 2. The molecule has 5 aromatic heterocycles. The van der Waals surface area contributed by atoms with Gasteiger partial charge in [0.25, 0.3) is 11.5 Å². The average molecular weight is 747 g/mol. The standard InChI is InChI=1S/C21H12N6O2.C19H26N8/c22-12-18-16(20(28)26(24-18)14-7-3-1-4-8-14)11-17-19(13-23)25-27(21(17)29)15-9-5-2-6-10-15;1-10-20-16-12(14(18(3,4)5)24-26(16)22-10)9-13-15(19(6,7)8)25-27-17(13)21-11(2)23-27/h1-11,24H;9,24H,1-8H3. The monoisotopic (exact) mass is 746 g/mol. The molecular formula is C40H38N14O2. The molecule has 8 rings (SSSR count). The van der Waals surface area contributed by atoms with Gasteiger partial charge in [0.15, 0.2) is 17.0 Å². The zero-order valence-corrected chi connectivity index (χ0v) is 32.1. The second-order valence-electron chi connectivity index (χ2n) is 15.2. The largest absolute Gasteiger partial charge is 0.281 e. The first-order valence-electron chi connectivity index (χ1n) is 17.7. The predicted octanol–water partition coefficient (Wildman–Crippen LogP) is 4.60. The number of carbonyl (C=O) groups excluding carboxylic acids is 1. The summed E-state index contributed by atoms with van der Waals surface area (Å²) in [6, 6.07) is 21.2. The average Bonchev–Trinajstić information content (AvgIpc) is 3.99. The number of aromatic amines is 2. The van der Waals surface area contributed by atoms with Gasteiger partial charge < -0.3 is 0 Å². The van der Waals surface area contributed by atoms with Gasteiger partial charge in [-0.25, -0.2) is 14.6 Å². The molecule has 0 radical (unpaired) electrons. The van der Waals surface area contributed by atoms with Crippen molar-refractivity contribution in [3.63, 3.8) is 0 Å². The molecule has 1 amide bonds. The van der Waals surface area contributed by atoms with Crippen LogP contribution in [0.4, 0.5) is 5.69 Å². The molecule has 1 aliphatic heterocycles. The van der Waals surface area contributed by atoms with E-state index in [-0.39, 0.29) is 33.4 Å². The summed E-state index contributed by atoms with van der Waals surface area (Å²) in [5, 5.41) is 44.7. The van der Waals surface area contributed by atoms with Gasteiger partial charge in [-0.05, 0) is 50.3 Å². The minimum absolute atomic E-state index is 0.0161. The first-order chi connectivity index (χ1) is 26.6. The molecular weight excluding hydrogens is 709 g/mol. The molecule has 0 aliphatic carbocycles. The summed E-state index contributed by atoms with van der Waals surface area (Å²) in [5.41, 5.74) is 4.71. The molecule has 2 aromatic carbocycles. The molecule has 56 heavy (non-hydrogen) atoms. The number of hydrogen-bond donors (Lipinski definition) is 2. The van der Waals surface area contributed by atoms with E-state index in [0.29, 0.717) is 17.2 Å². The van der Waals surface area contributed by atoms with Gasteiger partial charge in [0, 0.05) is 21.6 Å². The number of aromatic nitrogens is 10. The number of carbonyl (C=O) groups is 1. The molecule has 0 unspecified atom stereocenters. The Hall–Kier alpha value is -7.46. The molecule has 0 bridgehead atoms. The zero-order chi connectivity index (χ0) is 40.1. The molecule has 0 atom stereocenters. The van der Waals surface area contributed by atoms with Crippen molar-refractivity contribution in [1.29, 1.82) is 10.5 Å². The van der Waals surface area contributed by atoms with Crippen LogP contribution in [-0.2, 0) is 15.6 Å². The molecule has 2 N–H and O–H groups in total. The van der Waals surface area contributed by atoms with Gasteiger partial charge in [-0.2, -0.15) is 30.4 Å². The van der Waals surface area contributed by atoms with Gasteiger partial charge in [-0.15, -0.1) is 14.8 Å². The van der Waals surface area contributed by atoms with Crippen molar-refractivity contribution >= 4 is 40.8 Å². The van der Waals surface area contributed by atoms with Crippen molar-refractivity contribution in [2.75, 3.05) is 5.01 Å². The highest BCUT2D eigenvalue weighted by Gasteiger charge is 2.32. The van der Waals surface area contributed by atoms with Crippen molar-refractivity contribution in [2.24, 2.45) is 5.10 Å². The van der Waals surface area contributed by atoms with Crippen LogP contribution in [0.25, 0.3) is 29.1 Å². The molecule has 0 saturated heterocycles. The molecule has 16 nitrogen and oxygen atoms in total. The van der Waals surface area contributed by atoms with E-state index in [4.69, 9.17) is 5.10 Å². The van der Waals surface area contributed by atoms with E-state index in [0.717, 1.165) is 44.3 Å². The summed E-state index contributed by atoms with van der Waals surface area (Å²) in [6.45, 7) is 16.7. The summed E-state index contributed by atoms with van der Waals surface area (Å²) in [5.74, 6) is 0.890. The number of rotatable bonds is 4. The predicted molar refractivity (Wildman–Crippen MR) is 210 cm³/mol. The molecule has 0 spiro atoms. The van der Waals surface area contributed by atoms with Crippen LogP contribution >= 0.6 is 0 Å². The number of nitriles is 2. The molecule has 7 aromatic rings. The lowest BCUT2D eigenvalue weighted by molar-refractivity contribution is -0.114. The third-order valence-corrected chi connectivity index (χ3v) is 8.90. The Morgan fingerprint density at radius 2 is 1.34 bits per heavy atom. The van der Waals surface area contributed by atoms with Gasteiger partial charge in [-0.3, -0.25) is 19.8 Å². The van der Waals surface area contributed by atoms with Crippen LogP contribution in [0.1, 0.15) is 81.4 Å². The number of anilines is 1. The maximum absolute atomic E-state index is 12.9. The van der Waals surface area contributed by atoms with Crippen LogP contribution in [0.3, 0.4) is 0 Å². The van der Waals surface area contributed by atoms with E-state index >= 15 is 0 Å². The topological polar surface area (TPSA) is 207 Å². The van der Waals surface area contributed by atoms with Crippen LogP contribution in [0.15, 0.2) is 76.1 Å². The van der Waals surface area contributed by atoms with Gasteiger partial charge >= 0.3 is 0 Å². The summed E-state index contributed by atoms with van der Waals surface area (Å²) in [6.07, 6.45) is 3.38. The Labute approximate surface area is 320 Å². The second kappa shape index (κ2) is 13.7. The molecule has 6 heterocycles. The van der Waals surface area contributed by atoms with Crippen molar-refractivity contribution in [3.8, 4) is 17.8 Å². The van der Waals surface area contributed by atoms with E-state index in [1.54, 1.807) is 69.9 Å². The molecule has 1 aliphatic rings. The van der Waals surface area contributed by atoms with Gasteiger partial charge in [0.2, 0.25) is 0 Å². The molecule has 16 heteroatoms. The summed E-state index contributed by atoms with van der Waals surface area (Å²) >= 11 is 0. The van der Waals surface area contributed by atoms with Gasteiger partial charge in [0.1, 0.15) is 29.5 Å². The molecule has 280 valence electrons. The normalized spacial score (nSPS) is 14.4. The summed E-state index contributed by atoms with van der Waals surface area (Å²) in [4.78, 5) is 35.0. The lowest BCUT2D eigenvalue weighted by Gasteiger charge is -2.18. The molecule has 0 saturated carbocycles. The highest BCUT2D eigenvalue weighted by atomic mass is 16.2. The van der Waals surface area contributed by atoms with E-state index < -0.39 is 11.5 Å². The Balaban J connectivity index is 0.000000172. The minimum atomic E-state index is -0.552. The van der Waals surface area contributed by atoms with Crippen LogP contribution in [0, 0.1) is 36.5 Å². The second-order valence-corrected chi connectivity index (χ2v) is 15.2. The Kier molecular flexibility index (Phi) is 9.05. The molecule has 0 fully saturated rings. The van der Waals surface area contributed by atoms with E-state index in [9.17, 15) is 20.1 Å². The van der Waals surface area contributed by atoms with E-state index in [1.165, 1.54) is 10.8 Å². The first-order valence-corrected chi connectivity index (χ1v) is 17.7. The van der Waals surface area contributed by atoms with Crippen LogP contribution in [0.2, 0.25) is 0 Å². The van der Waals surface area contributed by atoms with Crippen molar-refractivity contribution in [2.45, 2.75) is 66.2 Å². The van der Waals surface area contributed by atoms with E-state index in [2.05, 4.69) is 83.1 Å². The van der Waals surface area contributed by atoms with Crippen LogP contribution < -0.4 is 15.8 Å². The number of nitrogens with one attached hydrogen (secondary N) is 2. The van der Waals surface area contributed by atoms with Crippen LogP contribution in [0.5, 0.6) is 0 Å². The summed E-state index contributed by atoms with van der Waals surface area (Å²) in [7, 11) is 0. The fourth-order valence-electron chi connectivity index (χ4n) is 6.33. The lowest BCUT2D eigenvalue weighted by Crippen LogP contribution is -2.22. The number of H-pyrrole nitrogens is 2. The first kappa shape index (κ1) is 36.9. The SMILES string of the molecule is Cc1nc2c(=Cc3c(C(C)(C)C)[nH]n4nc(C)nc34)c(C(C)(C)C)nn2n1.N#CC1=NN(c2ccccc2)C(=O)C1=Cc1c(C#N)[nH]n(-c2ccccc2)c1=O. The Morgan fingerprint density at radius 1 is 0.714 bits per heavy atom.